The number of hydrogen-bond donors (Lipinski definition) is 1. The number of H-pyrrole nitrogens is 1. The van der Waals surface area contributed by atoms with Crippen molar-refractivity contribution in [2.75, 3.05) is 20.8 Å². The first-order valence-electron chi connectivity index (χ1n) is 10.4. The fourth-order valence-corrected chi connectivity index (χ4v) is 4.33. The van der Waals surface area contributed by atoms with E-state index >= 15 is 0 Å². The highest BCUT2D eigenvalue weighted by atomic mass is 19.1. The van der Waals surface area contributed by atoms with E-state index in [-0.39, 0.29) is 17.8 Å². The first-order chi connectivity index (χ1) is 14.6. The Morgan fingerprint density at radius 3 is 2.73 bits per heavy atom. The van der Waals surface area contributed by atoms with Crippen molar-refractivity contribution in [2.24, 2.45) is 0 Å². The lowest BCUT2D eigenvalue weighted by atomic mass is 9.95. The monoisotopic (exact) mass is 410 g/mol. The van der Waals surface area contributed by atoms with Crippen molar-refractivity contribution >= 4 is 16.8 Å². The second kappa shape index (κ2) is 8.78. The van der Waals surface area contributed by atoms with Crippen molar-refractivity contribution in [1.82, 2.24) is 9.88 Å². The number of nitrogens with one attached hydrogen (secondary N) is 1. The lowest BCUT2D eigenvalue weighted by Crippen LogP contribution is -2.44. The molecule has 0 saturated carbocycles. The van der Waals surface area contributed by atoms with Crippen LogP contribution in [0, 0.1) is 5.82 Å². The number of carbonyl (C=O) groups excluding carboxylic acids is 1. The topological polar surface area (TPSA) is 54.6 Å². The number of hydrogen-bond acceptors (Lipinski definition) is 3. The number of fused-ring (bicyclic) bond motifs is 1. The summed E-state index contributed by atoms with van der Waals surface area (Å²) in [6, 6.07) is 12.6. The molecule has 1 unspecified atom stereocenters. The first kappa shape index (κ1) is 20.3. The van der Waals surface area contributed by atoms with Crippen LogP contribution in [-0.4, -0.2) is 42.6 Å². The van der Waals surface area contributed by atoms with Crippen LogP contribution in [0.5, 0.6) is 11.5 Å². The van der Waals surface area contributed by atoms with Crippen LogP contribution in [0.25, 0.3) is 10.9 Å². The van der Waals surface area contributed by atoms with Crippen LogP contribution in [0.3, 0.4) is 0 Å². The number of methoxy groups -OCH3 is 2. The average molecular weight is 410 g/mol. The summed E-state index contributed by atoms with van der Waals surface area (Å²) in [6.07, 6.45) is 4.80. The van der Waals surface area contributed by atoms with Gasteiger partial charge in [0.05, 0.1) is 14.2 Å². The number of piperidine rings is 1. The Morgan fingerprint density at radius 1 is 1.13 bits per heavy atom. The van der Waals surface area contributed by atoms with Crippen LogP contribution in [0.4, 0.5) is 4.39 Å². The molecule has 1 fully saturated rings. The van der Waals surface area contributed by atoms with E-state index in [1.54, 1.807) is 32.4 Å². The number of amides is 1. The second-order valence-corrected chi connectivity index (χ2v) is 7.76. The molecule has 0 bridgehead atoms. The highest BCUT2D eigenvalue weighted by Gasteiger charge is 2.28. The largest absolute Gasteiger partial charge is 0.493 e. The van der Waals surface area contributed by atoms with Gasteiger partial charge in [0.2, 0.25) is 0 Å². The van der Waals surface area contributed by atoms with Crippen molar-refractivity contribution in [3.8, 4) is 11.5 Å². The number of halogens is 1. The summed E-state index contributed by atoms with van der Waals surface area (Å²) >= 11 is 0. The second-order valence-electron chi connectivity index (χ2n) is 7.76. The van der Waals surface area contributed by atoms with Crippen LogP contribution >= 0.6 is 0 Å². The third kappa shape index (κ3) is 3.99. The van der Waals surface area contributed by atoms with E-state index in [4.69, 9.17) is 9.47 Å². The predicted octanol–water partition coefficient (Wildman–Crippen LogP) is 4.95. The zero-order valence-corrected chi connectivity index (χ0v) is 17.4. The van der Waals surface area contributed by atoms with Gasteiger partial charge < -0.3 is 19.4 Å². The van der Waals surface area contributed by atoms with E-state index in [1.807, 2.05) is 23.1 Å². The van der Waals surface area contributed by atoms with E-state index in [1.165, 1.54) is 6.07 Å². The van der Waals surface area contributed by atoms with E-state index in [9.17, 15) is 9.18 Å². The molecular formula is C24H27FN2O3. The molecule has 4 rings (SSSR count). The highest BCUT2D eigenvalue weighted by molar-refractivity contribution is 5.98. The van der Waals surface area contributed by atoms with Crippen LogP contribution in [0.1, 0.15) is 41.7 Å². The number of benzene rings is 2. The number of aromatic amines is 1. The van der Waals surface area contributed by atoms with Crippen LogP contribution in [0.15, 0.2) is 42.5 Å². The van der Waals surface area contributed by atoms with Crippen molar-refractivity contribution in [3.05, 3.63) is 59.5 Å². The summed E-state index contributed by atoms with van der Waals surface area (Å²) in [5.41, 5.74) is 2.25. The number of likely N-dealkylation sites (tertiary alicyclic amines) is 1. The van der Waals surface area contributed by atoms with Crippen molar-refractivity contribution in [3.63, 3.8) is 0 Å². The Morgan fingerprint density at radius 2 is 1.97 bits per heavy atom. The third-order valence-corrected chi connectivity index (χ3v) is 5.94. The van der Waals surface area contributed by atoms with E-state index in [2.05, 4.69) is 4.98 Å². The molecule has 1 aliphatic heterocycles. The summed E-state index contributed by atoms with van der Waals surface area (Å²) < 4.78 is 24.8. The van der Waals surface area contributed by atoms with Gasteiger partial charge in [0, 0.05) is 23.5 Å². The van der Waals surface area contributed by atoms with Crippen molar-refractivity contribution in [2.45, 2.75) is 38.1 Å². The molecule has 2 aromatic carbocycles. The predicted molar refractivity (Wildman–Crippen MR) is 115 cm³/mol. The molecule has 1 saturated heterocycles. The van der Waals surface area contributed by atoms with Gasteiger partial charge in [-0.05, 0) is 68.0 Å². The standard InChI is InChI=1S/C24H27FN2O3/c1-29-22-12-10-16(14-23(22)30-2)9-11-17-6-3-4-13-27(17)24(28)21-15-18-19(25)7-5-8-20(18)26-21/h5,7-8,10,12,14-15,17,26H,3-4,6,9,11,13H2,1-2H3. The molecule has 1 amide bonds. The van der Waals surface area contributed by atoms with E-state index in [0.717, 1.165) is 44.2 Å². The maximum absolute atomic E-state index is 14.0. The minimum absolute atomic E-state index is 0.0531. The molecule has 1 N–H and O–H groups in total. The quantitative estimate of drug-likeness (QED) is 0.625. The molecule has 0 aliphatic carbocycles. The molecule has 158 valence electrons. The van der Waals surface area contributed by atoms with Crippen molar-refractivity contribution in [1.29, 1.82) is 0 Å². The Labute approximate surface area is 175 Å². The Hall–Kier alpha value is -3.02. The number of rotatable bonds is 6. The molecule has 2 heterocycles. The Bertz CT molecular complexity index is 1050. The van der Waals surface area contributed by atoms with Gasteiger partial charge in [0.1, 0.15) is 11.5 Å². The van der Waals surface area contributed by atoms with Gasteiger partial charge in [-0.3, -0.25) is 4.79 Å². The van der Waals surface area contributed by atoms with E-state index in [0.29, 0.717) is 28.1 Å². The zero-order valence-electron chi connectivity index (χ0n) is 17.4. The zero-order chi connectivity index (χ0) is 21.1. The minimum Gasteiger partial charge on any atom is -0.493 e. The van der Waals surface area contributed by atoms with Gasteiger partial charge in [-0.2, -0.15) is 0 Å². The summed E-state index contributed by atoms with van der Waals surface area (Å²) in [5.74, 6) is 1.06. The average Bonchev–Trinajstić information content (AvgIpc) is 3.23. The normalized spacial score (nSPS) is 16.6. The molecule has 1 atom stereocenters. The summed E-state index contributed by atoms with van der Waals surface area (Å²) in [5, 5.41) is 0.458. The lowest BCUT2D eigenvalue weighted by Gasteiger charge is -2.35. The van der Waals surface area contributed by atoms with Gasteiger partial charge in [-0.15, -0.1) is 0 Å². The van der Waals surface area contributed by atoms with E-state index < -0.39 is 0 Å². The molecule has 3 aromatic rings. The SMILES string of the molecule is COc1ccc(CCC2CCCCN2C(=O)c2cc3c(F)cccc3[nH]2)cc1OC. The summed E-state index contributed by atoms with van der Waals surface area (Å²) in [6.45, 7) is 0.729. The molecule has 5 nitrogen and oxygen atoms in total. The fourth-order valence-electron chi connectivity index (χ4n) is 4.33. The fraction of sp³-hybridized carbons (Fsp3) is 0.375. The van der Waals surface area contributed by atoms with Gasteiger partial charge in [-0.25, -0.2) is 4.39 Å². The maximum atomic E-state index is 14.0. The molecule has 0 radical (unpaired) electrons. The summed E-state index contributed by atoms with van der Waals surface area (Å²) in [7, 11) is 3.26. The first-order valence-corrected chi connectivity index (χ1v) is 10.4. The molecule has 1 aromatic heterocycles. The molecule has 1 aliphatic rings. The Balaban J connectivity index is 1.50. The maximum Gasteiger partial charge on any atom is 0.270 e. The van der Waals surface area contributed by atoms with Crippen molar-refractivity contribution < 1.29 is 18.7 Å². The number of nitrogens with zero attached hydrogens (tertiary/aromatic N) is 1. The van der Waals surface area contributed by atoms with Gasteiger partial charge in [0.25, 0.3) is 5.91 Å². The minimum atomic E-state index is -0.313. The van der Waals surface area contributed by atoms with Gasteiger partial charge in [0.15, 0.2) is 11.5 Å². The van der Waals surface area contributed by atoms with Gasteiger partial charge in [-0.1, -0.05) is 12.1 Å². The summed E-state index contributed by atoms with van der Waals surface area (Å²) in [4.78, 5) is 18.3. The number of carbonyl (C=O) groups is 1. The van der Waals surface area contributed by atoms with Gasteiger partial charge >= 0.3 is 0 Å². The van der Waals surface area contributed by atoms with Crippen LogP contribution in [0.2, 0.25) is 0 Å². The number of ether oxygens (including phenoxy) is 2. The molecule has 30 heavy (non-hydrogen) atoms. The lowest BCUT2D eigenvalue weighted by molar-refractivity contribution is 0.0597. The Kier molecular flexibility index (Phi) is 5.93. The molecule has 0 spiro atoms. The molecular weight excluding hydrogens is 383 g/mol. The number of aromatic nitrogens is 1. The van der Waals surface area contributed by atoms with Crippen LogP contribution in [-0.2, 0) is 6.42 Å². The molecule has 6 heteroatoms. The number of aryl methyl sites for hydroxylation is 1. The van der Waals surface area contributed by atoms with Crippen LogP contribution < -0.4 is 9.47 Å². The smallest absolute Gasteiger partial charge is 0.270 e. The highest BCUT2D eigenvalue weighted by Crippen LogP contribution is 2.30. The third-order valence-electron chi connectivity index (χ3n) is 5.94.